The van der Waals surface area contributed by atoms with Crippen molar-refractivity contribution >= 4 is 5.97 Å². The van der Waals surface area contributed by atoms with Gasteiger partial charge in [0, 0.05) is 0 Å². The summed E-state index contributed by atoms with van der Waals surface area (Å²) in [5.41, 5.74) is -0.422. The molecule has 80 valence electrons. The highest BCUT2D eigenvalue weighted by molar-refractivity contribution is 5.71. The molecule has 0 unspecified atom stereocenters. The molecule has 3 nitrogen and oxygen atoms in total. The molecule has 0 aromatic rings. The summed E-state index contributed by atoms with van der Waals surface area (Å²) in [7, 11) is 0. The highest BCUT2D eigenvalue weighted by atomic mass is 16.6. The van der Waals surface area contributed by atoms with Gasteiger partial charge in [-0.1, -0.05) is 12.2 Å². The fraction of sp³-hybridized carbons (Fsp3) is 0.727. The maximum Gasteiger partial charge on any atom is 0.332 e. The van der Waals surface area contributed by atoms with Crippen molar-refractivity contribution in [1.82, 2.24) is 0 Å². The van der Waals surface area contributed by atoms with Crippen LogP contribution >= 0.6 is 0 Å². The summed E-state index contributed by atoms with van der Waals surface area (Å²) in [6, 6.07) is 0. The number of hydrogen-bond acceptors (Lipinski definition) is 3. The average molecular weight is 198 g/mol. The van der Waals surface area contributed by atoms with Crippen molar-refractivity contribution in [3.05, 3.63) is 12.2 Å². The maximum atomic E-state index is 11.2. The third-order valence-electron chi connectivity index (χ3n) is 1.82. The first kappa shape index (κ1) is 11.2. The van der Waals surface area contributed by atoms with Crippen LogP contribution in [-0.2, 0) is 14.3 Å². The van der Waals surface area contributed by atoms with Gasteiger partial charge in [-0.2, -0.15) is 0 Å². The van der Waals surface area contributed by atoms with E-state index in [1.165, 1.54) is 0 Å². The van der Waals surface area contributed by atoms with E-state index in [9.17, 15) is 4.79 Å². The molecule has 1 rings (SSSR count). The lowest BCUT2D eigenvalue weighted by Crippen LogP contribution is -2.27. The summed E-state index contributed by atoms with van der Waals surface area (Å²) in [5.74, 6) is -0.288. The van der Waals surface area contributed by atoms with Crippen molar-refractivity contribution < 1.29 is 14.3 Å². The lowest BCUT2D eigenvalue weighted by Gasteiger charge is -2.20. The minimum Gasteiger partial charge on any atom is -0.458 e. The summed E-state index contributed by atoms with van der Waals surface area (Å²) in [4.78, 5) is 11.2. The third-order valence-corrected chi connectivity index (χ3v) is 1.82. The van der Waals surface area contributed by atoms with Gasteiger partial charge in [-0.25, -0.2) is 4.79 Å². The first-order valence-corrected chi connectivity index (χ1v) is 4.96. The second-order valence-electron chi connectivity index (χ2n) is 4.46. The Morgan fingerprint density at radius 3 is 2.43 bits per heavy atom. The topological polar surface area (TPSA) is 35.5 Å². The summed E-state index contributed by atoms with van der Waals surface area (Å²) in [6.45, 7) is 5.61. The lowest BCUT2D eigenvalue weighted by atomic mass is 10.2. The predicted octanol–water partition coefficient (Wildman–Crippen LogP) is 2.06. The van der Waals surface area contributed by atoms with Gasteiger partial charge in [0.1, 0.15) is 12.2 Å². The van der Waals surface area contributed by atoms with Crippen LogP contribution in [0.3, 0.4) is 0 Å². The Morgan fingerprint density at radius 2 is 1.93 bits per heavy atom. The van der Waals surface area contributed by atoms with Gasteiger partial charge in [0.2, 0.25) is 0 Å². The Morgan fingerprint density at radius 1 is 1.36 bits per heavy atom. The Kier molecular flexibility index (Phi) is 3.69. The molecule has 1 aliphatic rings. The van der Waals surface area contributed by atoms with Crippen LogP contribution in [0.1, 0.15) is 33.6 Å². The quantitative estimate of drug-likeness (QED) is 0.514. The van der Waals surface area contributed by atoms with Crippen LogP contribution in [0.4, 0.5) is 0 Å². The van der Waals surface area contributed by atoms with Crippen LogP contribution in [0.25, 0.3) is 0 Å². The Balaban J connectivity index is 2.15. The average Bonchev–Trinajstić information content (AvgIpc) is 2.49. The van der Waals surface area contributed by atoms with Crippen LogP contribution in [0.2, 0.25) is 0 Å². The van der Waals surface area contributed by atoms with E-state index >= 15 is 0 Å². The summed E-state index contributed by atoms with van der Waals surface area (Å²) in [6.07, 6.45) is 6.12. The third kappa shape index (κ3) is 4.42. The van der Waals surface area contributed by atoms with E-state index < -0.39 is 5.60 Å². The Hall–Kier alpha value is -0.830. The van der Waals surface area contributed by atoms with E-state index in [0.717, 1.165) is 12.8 Å². The van der Waals surface area contributed by atoms with E-state index in [1.54, 1.807) is 0 Å². The van der Waals surface area contributed by atoms with Gasteiger partial charge >= 0.3 is 5.97 Å². The molecule has 0 aromatic carbocycles. The van der Waals surface area contributed by atoms with Crippen molar-refractivity contribution in [2.75, 3.05) is 6.61 Å². The molecule has 0 atom stereocenters. The van der Waals surface area contributed by atoms with Gasteiger partial charge < -0.3 is 9.47 Å². The van der Waals surface area contributed by atoms with E-state index in [-0.39, 0.29) is 18.7 Å². The van der Waals surface area contributed by atoms with Gasteiger partial charge in [-0.3, -0.25) is 0 Å². The summed E-state index contributed by atoms with van der Waals surface area (Å²) < 4.78 is 10.5. The molecule has 0 N–H and O–H groups in total. The maximum absolute atomic E-state index is 11.2. The second kappa shape index (κ2) is 4.60. The summed E-state index contributed by atoms with van der Waals surface area (Å²) in [5, 5.41) is 0. The van der Waals surface area contributed by atoms with Crippen molar-refractivity contribution in [2.45, 2.75) is 45.3 Å². The molecule has 0 amide bonds. The van der Waals surface area contributed by atoms with Crippen LogP contribution in [0.5, 0.6) is 0 Å². The second-order valence-corrected chi connectivity index (χ2v) is 4.46. The molecule has 0 spiro atoms. The minimum atomic E-state index is -0.422. The number of carbonyl (C=O) groups excluding carboxylic acids is 1. The van der Waals surface area contributed by atoms with Gasteiger partial charge in [0.15, 0.2) is 0 Å². The van der Waals surface area contributed by atoms with Gasteiger partial charge in [0.25, 0.3) is 0 Å². The zero-order chi connectivity index (χ0) is 10.6. The molecular weight excluding hydrogens is 180 g/mol. The molecule has 0 aromatic heterocycles. The largest absolute Gasteiger partial charge is 0.458 e. The highest BCUT2D eigenvalue weighted by Crippen LogP contribution is 2.14. The van der Waals surface area contributed by atoms with E-state index in [4.69, 9.17) is 9.47 Å². The molecule has 14 heavy (non-hydrogen) atoms. The standard InChI is InChI=1S/C11H18O3/c1-11(2,3)14-10(12)8-13-9-6-4-5-7-9/h4-5,9H,6-8H2,1-3H3. The molecule has 0 aliphatic heterocycles. The van der Waals surface area contributed by atoms with Gasteiger partial charge in [-0.05, 0) is 33.6 Å². The molecule has 3 heteroatoms. The first-order chi connectivity index (χ1) is 6.47. The first-order valence-electron chi connectivity index (χ1n) is 4.96. The number of rotatable bonds is 3. The monoisotopic (exact) mass is 198 g/mol. The lowest BCUT2D eigenvalue weighted by molar-refractivity contribution is -0.162. The van der Waals surface area contributed by atoms with Gasteiger partial charge in [-0.15, -0.1) is 0 Å². The van der Waals surface area contributed by atoms with E-state index in [1.807, 2.05) is 20.8 Å². The molecule has 0 saturated carbocycles. The van der Waals surface area contributed by atoms with E-state index in [0.29, 0.717) is 0 Å². The molecule has 0 saturated heterocycles. The van der Waals surface area contributed by atoms with Crippen LogP contribution in [0.15, 0.2) is 12.2 Å². The zero-order valence-corrected chi connectivity index (χ0v) is 9.08. The van der Waals surface area contributed by atoms with Crippen LogP contribution in [0, 0.1) is 0 Å². The highest BCUT2D eigenvalue weighted by Gasteiger charge is 2.18. The van der Waals surface area contributed by atoms with Crippen molar-refractivity contribution in [3.8, 4) is 0 Å². The zero-order valence-electron chi connectivity index (χ0n) is 9.08. The number of esters is 1. The number of ether oxygens (including phenoxy) is 2. The summed E-state index contributed by atoms with van der Waals surface area (Å²) >= 11 is 0. The van der Waals surface area contributed by atoms with Crippen molar-refractivity contribution in [2.24, 2.45) is 0 Å². The van der Waals surface area contributed by atoms with Crippen molar-refractivity contribution in [3.63, 3.8) is 0 Å². The molecule has 0 bridgehead atoms. The fourth-order valence-electron chi connectivity index (χ4n) is 1.29. The van der Waals surface area contributed by atoms with Crippen LogP contribution in [-0.4, -0.2) is 24.3 Å². The number of carbonyl (C=O) groups is 1. The molecular formula is C11H18O3. The Labute approximate surface area is 85.1 Å². The molecule has 1 aliphatic carbocycles. The Bertz CT molecular complexity index is 217. The normalized spacial score (nSPS) is 17.4. The molecule has 0 fully saturated rings. The van der Waals surface area contributed by atoms with E-state index in [2.05, 4.69) is 12.2 Å². The molecule has 0 radical (unpaired) electrons. The smallest absolute Gasteiger partial charge is 0.332 e. The fourth-order valence-corrected chi connectivity index (χ4v) is 1.29. The SMILES string of the molecule is CC(C)(C)OC(=O)COC1CC=CC1. The minimum absolute atomic E-state index is 0.0591. The van der Waals surface area contributed by atoms with Crippen LogP contribution < -0.4 is 0 Å². The van der Waals surface area contributed by atoms with Crippen molar-refractivity contribution in [1.29, 1.82) is 0 Å². The predicted molar refractivity (Wildman–Crippen MR) is 54.0 cm³/mol. The van der Waals surface area contributed by atoms with Gasteiger partial charge in [0.05, 0.1) is 6.10 Å². The number of hydrogen-bond donors (Lipinski definition) is 0. The molecule has 0 heterocycles.